The van der Waals surface area contributed by atoms with Crippen LogP contribution in [0.15, 0.2) is 72.9 Å². The molecule has 8 heteroatoms. The Morgan fingerprint density at radius 3 is 2.38 bits per heavy atom. The molecule has 1 fully saturated rings. The van der Waals surface area contributed by atoms with E-state index in [2.05, 4.69) is 15.2 Å². The molecule has 0 bridgehead atoms. The first-order valence-corrected chi connectivity index (χ1v) is 11.3. The summed E-state index contributed by atoms with van der Waals surface area (Å²) in [5, 5.41) is 12.3. The largest absolute Gasteiger partial charge is 0.478 e. The Morgan fingerprint density at radius 2 is 1.71 bits per heavy atom. The monoisotopic (exact) mass is 460 g/mol. The quantitative estimate of drug-likeness (QED) is 0.522. The van der Waals surface area contributed by atoms with Gasteiger partial charge in [0.05, 0.1) is 6.54 Å². The van der Waals surface area contributed by atoms with Gasteiger partial charge in [0.2, 0.25) is 5.91 Å². The van der Waals surface area contributed by atoms with Crippen LogP contribution in [0.3, 0.4) is 0 Å². The number of nitrogens with zero attached hydrogens (tertiary/aromatic N) is 3. The Morgan fingerprint density at radius 1 is 1.03 bits per heavy atom. The number of aromatic carboxylic acids is 1. The van der Waals surface area contributed by atoms with Crippen LogP contribution in [-0.4, -0.2) is 59.6 Å². The fourth-order valence-corrected chi connectivity index (χ4v) is 4.12. The predicted molar refractivity (Wildman–Crippen MR) is 131 cm³/mol. The van der Waals surface area contributed by atoms with E-state index in [9.17, 15) is 14.7 Å². The van der Waals surface area contributed by atoms with Crippen LogP contribution >= 0.6 is 0 Å². The fourth-order valence-electron chi connectivity index (χ4n) is 4.12. The zero-order valence-electron chi connectivity index (χ0n) is 19.1. The number of pyridine rings is 1. The highest BCUT2D eigenvalue weighted by molar-refractivity contribution is 5.93. The van der Waals surface area contributed by atoms with Crippen LogP contribution in [-0.2, 0) is 4.79 Å². The molecule has 34 heavy (non-hydrogen) atoms. The number of amides is 1. The van der Waals surface area contributed by atoms with Crippen molar-refractivity contribution in [3.8, 4) is 11.5 Å². The number of para-hydroxylation sites is 1. The molecule has 4 rings (SSSR count). The van der Waals surface area contributed by atoms with E-state index in [1.165, 1.54) is 0 Å². The van der Waals surface area contributed by atoms with Crippen molar-refractivity contribution in [2.45, 2.75) is 18.9 Å². The number of nitrogens with one attached hydrogen (secondary N) is 1. The minimum Gasteiger partial charge on any atom is -0.478 e. The second-order valence-corrected chi connectivity index (χ2v) is 8.30. The van der Waals surface area contributed by atoms with Gasteiger partial charge in [-0.15, -0.1) is 0 Å². The molecule has 1 aliphatic rings. The second kappa shape index (κ2) is 10.8. The maximum atomic E-state index is 12.6. The van der Waals surface area contributed by atoms with Gasteiger partial charge in [-0.2, -0.15) is 0 Å². The smallest absolute Gasteiger partial charge is 0.339 e. The molecule has 0 saturated carbocycles. The molecule has 0 atom stereocenters. The first-order valence-electron chi connectivity index (χ1n) is 11.3. The minimum atomic E-state index is -0.973. The van der Waals surface area contributed by atoms with Gasteiger partial charge in [-0.05, 0) is 68.4 Å². The molecule has 1 aliphatic heterocycles. The molecule has 176 valence electrons. The summed E-state index contributed by atoms with van der Waals surface area (Å²) < 4.78 is 5.78. The molecular formula is C26H28N4O4. The van der Waals surface area contributed by atoms with E-state index >= 15 is 0 Å². The van der Waals surface area contributed by atoms with Crippen LogP contribution in [0.5, 0.6) is 11.5 Å². The lowest BCUT2D eigenvalue weighted by Gasteiger charge is -2.37. The van der Waals surface area contributed by atoms with Gasteiger partial charge in [0.25, 0.3) is 0 Å². The van der Waals surface area contributed by atoms with E-state index in [-0.39, 0.29) is 24.1 Å². The topological polar surface area (TPSA) is 95.0 Å². The lowest BCUT2D eigenvalue weighted by molar-refractivity contribution is -0.117. The third kappa shape index (κ3) is 5.90. The number of benzene rings is 2. The number of anilines is 2. The van der Waals surface area contributed by atoms with E-state index in [1.54, 1.807) is 18.3 Å². The van der Waals surface area contributed by atoms with Gasteiger partial charge in [-0.1, -0.05) is 18.2 Å². The molecule has 0 unspecified atom stereocenters. The molecule has 2 aromatic carbocycles. The van der Waals surface area contributed by atoms with Crippen molar-refractivity contribution < 1.29 is 19.4 Å². The normalized spacial score (nSPS) is 14.1. The first kappa shape index (κ1) is 23.3. The van der Waals surface area contributed by atoms with Crippen LogP contribution in [0.2, 0.25) is 0 Å². The van der Waals surface area contributed by atoms with E-state index < -0.39 is 5.97 Å². The van der Waals surface area contributed by atoms with Crippen molar-refractivity contribution >= 4 is 23.4 Å². The fraction of sp³-hybridized carbons (Fsp3) is 0.269. The van der Waals surface area contributed by atoms with Crippen LogP contribution in [0.25, 0.3) is 0 Å². The van der Waals surface area contributed by atoms with Gasteiger partial charge in [0.15, 0.2) is 0 Å². The van der Waals surface area contributed by atoms with Crippen LogP contribution in [0, 0.1) is 0 Å². The SMILES string of the molecule is CN(CC(=O)Nc1ccc(Oc2ccccc2)cc1)C1CCN(c2ncccc2C(=O)O)CC1. The van der Waals surface area contributed by atoms with Crippen molar-refractivity contribution in [3.63, 3.8) is 0 Å². The number of hydrogen-bond donors (Lipinski definition) is 2. The van der Waals surface area contributed by atoms with Crippen molar-refractivity contribution in [3.05, 3.63) is 78.5 Å². The highest BCUT2D eigenvalue weighted by atomic mass is 16.5. The van der Waals surface area contributed by atoms with Crippen molar-refractivity contribution in [1.82, 2.24) is 9.88 Å². The number of piperidine rings is 1. The Bertz CT molecular complexity index is 1110. The maximum Gasteiger partial charge on any atom is 0.339 e. The number of likely N-dealkylation sites (N-methyl/N-ethyl adjacent to an activating group) is 1. The molecule has 0 spiro atoms. The number of rotatable bonds is 8. The molecule has 8 nitrogen and oxygen atoms in total. The van der Waals surface area contributed by atoms with Gasteiger partial charge >= 0.3 is 5.97 Å². The van der Waals surface area contributed by atoms with Crippen molar-refractivity contribution in [1.29, 1.82) is 0 Å². The zero-order chi connectivity index (χ0) is 23.9. The number of ether oxygens (including phenoxy) is 1. The first-order chi connectivity index (χ1) is 16.5. The number of aromatic nitrogens is 1. The van der Waals surface area contributed by atoms with E-state index in [0.717, 1.165) is 18.6 Å². The van der Waals surface area contributed by atoms with Crippen molar-refractivity contribution in [2.24, 2.45) is 0 Å². The van der Waals surface area contributed by atoms with E-state index in [4.69, 9.17) is 4.74 Å². The third-order valence-corrected chi connectivity index (χ3v) is 5.91. The molecule has 1 amide bonds. The second-order valence-electron chi connectivity index (χ2n) is 8.30. The molecule has 3 aromatic rings. The predicted octanol–water partition coefficient (Wildman–Crippen LogP) is 4.11. The standard InChI is InChI=1S/C26H28N4O4/c1-29(20-13-16-30(17-14-20)25-23(26(32)33)8-5-15-27-25)18-24(31)28-19-9-11-22(12-10-19)34-21-6-3-2-4-7-21/h2-12,15,20H,13-14,16-18H2,1H3,(H,28,31)(H,32,33). The number of carboxylic acid groups (broad SMARTS) is 1. The van der Waals surface area contributed by atoms with E-state index in [0.29, 0.717) is 30.3 Å². The van der Waals surface area contributed by atoms with E-state index in [1.807, 2.05) is 66.5 Å². The maximum absolute atomic E-state index is 12.6. The summed E-state index contributed by atoms with van der Waals surface area (Å²) in [6.45, 7) is 1.66. The molecule has 2 heterocycles. The summed E-state index contributed by atoms with van der Waals surface area (Å²) in [5.41, 5.74) is 0.929. The number of carbonyl (C=O) groups is 2. The summed E-state index contributed by atoms with van der Waals surface area (Å²) in [6, 6.07) is 20.3. The molecule has 2 N–H and O–H groups in total. The molecule has 0 radical (unpaired) electrons. The highest BCUT2D eigenvalue weighted by Gasteiger charge is 2.26. The Labute approximate surface area is 198 Å². The zero-order valence-corrected chi connectivity index (χ0v) is 19.1. The highest BCUT2D eigenvalue weighted by Crippen LogP contribution is 2.24. The third-order valence-electron chi connectivity index (χ3n) is 5.91. The van der Waals surface area contributed by atoms with Crippen molar-refractivity contribution in [2.75, 3.05) is 36.9 Å². The van der Waals surface area contributed by atoms with Gasteiger partial charge in [0.1, 0.15) is 22.9 Å². The van der Waals surface area contributed by atoms with Gasteiger partial charge < -0.3 is 20.1 Å². The number of carboxylic acids is 1. The molecule has 1 aromatic heterocycles. The molecular weight excluding hydrogens is 432 g/mol. The lowest BCUT2D eigenvalue weighted by Crippen LogP contribution is -2.46. The summed E-state index contributed by atoms with van der Waals surface area (Å²) >= 11 is 0. The lowest BCUT2D eigenvalue weighted by atomic mass is 10.0. The molecule has 1 saturated heterocycles. The summed E-state index contributed by atoms with van der Waals surface area (Å²) in [7, 11) is 1.94. The summed E-state index contributed by atoms with van der Waals surface area (Å²) in [5.74, 6) is 0.910. The van der Waals surface area contributed by atoms with Gasteiger partial charge in [0, 0.05) is 31.0 Å². The van der Waals surface area contributed by atoms with Gasteiger partial charge in [-0.3, -0.25) is 9.69 Å². The Hall–Kier alpha value is -3.91. The number of hydrogen-bond acceptors (Lipinski definition) is 6. The van der Waals surface area contributed by atoms with Crippen LogP contribution in [0.1, 0.15) is 23.2 Å². The Kier molecular flexibility index (Phi) is 7.39. The summed E-state index contributed by atoms with van der Waals surface area (Å²) in [6.07, 6.45) is 3.26. The summed E-state index contributed by atoms with van der Waals surface area (Å²) in [4.78, 5) is 32.4. The van der Waals surface area contributed by atoms with Gasteiger partial charge in [-0.25, -0.2) is 9.78 Å². The van der Waals surface area contributed by atoms with Crippen LogP contribution in [0.4, 0.5) is 11.5 Å². The average molecular weight is 461 g/mol. The molecule has 0 aliphatic carbocycles. The minimum absolute atomic E-state index is 0.0838. The van der Waals surface area contributed by atoms with Crippen LogP contribution < -0.4 is 15.0 Å². The Balaban J connectivity index is 1.25. The number of carbonyl (C=O) groups excluding carboxylic acids is 1. The average Bonchev–Trinajstić information content (AvgIpc) is 2.86.